The monoisotopic (exact) mass is 369 g/mol. The predicted octanol–water partition coefficient (Wildman–Crippen LogP) is 0.695. The summed E-state index contributed by atoms with van der Waals surface area (Å²) < 4.78 is 26.8. The number of halogens is 1. The number of amides is 1. The summed E-state index contributed by atoms with van der Waals surface area (Å²) in [6.07, 6.45) is 0. The van der Waals surface area contributed by atoms with E-state index in [2.05, 4.69) is 19.5 Å². The minimum Gasteiger partial charge on any atom is -0.468 e. The van der Waals surface area contributed by atoms with Crippen LogP contribution in [0.15, 0.2) is 24.3 Å². The summed E-state index contributed by atoms with van der Waals surface area (Å²) in [5.41, 5.74) is 0.0835. The molecular formula is C17H20FNO7. The molecule has 1 amide bonds. The van der Waals surface area contributed by atoms with Crippen LogP contribution >= 0.6 is 0 Å². The molecule has 1 N–H and O–H groups in total. The van der Waals surface area contributed by atoms with E-state index in [0.29, 0.717) is 0 Å². The smallest absolute Gasteiger partial charge is 0.328 e. The molecule has 0 spiro atoms. The van der Waals surface area contributed by atoms with Gasteiger partial charge in [0.25, 0.3) is 5.91 Å². The van der Waals surface area contributed by atoms with Crippen LogP contribution in [-0.2, 0) is 28.6 Å². The van der Waals surface area contributed by atoms with Crippen molar-refractivity contribution in [1.82, 2.24) is 5.32 Å². The van der Waals surface area contributed by atoms with E-state index in [1.54, 1.807) is 0 Å². The van der Waals surface area contributed by atoms with Gasteiger partial charge in [-0.2, -0.15) is 0 Å². The van der Waals surface area contributed by atoms with Gasteiger partial charge in [0, 0.05) is 11.5 Å². The maximum atomic E-state index is 13.0. The van der Waals surface area contributed by atoms with Crippen molar-refractivity contribution in [1.29, 1.82) is 0 Å². The lowest BCUT2D eigenvalue weighted by Gasteiger charge is -2.27. The molecule has 0 saturated heterocycles. The van der Waals surface area contributed by atoms with Crippen LogP contribution in [0.3, 0.4) is 0 Å². The number of carbonyl (C=O) groups excluding carboxylic acids is 4. The summed E-state index contributed by atoms with van der Waals surface area (Å²) in [7, 11) is 3.25. The Morgan fingerprint density at radius 3 is 1.77 bits per heavy atom. The van der Waals surface area contributed by atoms with Gasteiger partial charge in [-0.15, -0.1) is 0 Å². The zero-order chi connectivity index (χ0) is 19.9. The van der Waals surface area contributed by atoms with Gasteiger partial charge in [0.05, 0.1) is 21.3 Å². The molecule has 0 unspecified atom stereocenters. The molecule has 0 aromatic heterocycles. The maximum absolute atomic E-state index is 13.0. The van der Waals surface area contributed by atoms with E-state index in [0.717, 1.165) is 33.5 Å². The second-order valence-electron chi connectivity index (χ2n) is 5.36. The molecule has 0 bridgehead atoms. The molecule has 8 nitrogen and oxygen atoms in total. The Labute approximate surface area is 149 Å². The molecule has 0 aliphatic heterocycles. The molecule has 0 heterocycles. The number of carbonyl (C=O) groups is 4. The summed E-state index contributed by atoms with van der Waals surface area (Å²) in [5, 5.41) is 2.39. The van der Waals surface area contributed by atoms with E-state index < -0.39 is 47.5 Å². The zero-order valence-electron chi connectivity index (χ0n) is 14.8. The molecule has 0 aliphatic rings. The Morgan fingerprint density at radius 1 is 0.885 bits per heavy atom. The second-order valence-corrected chi connectivity index (χ2v) is 5.36. The first kappa shape index (κ1) is 21.1. The molecule has 0 aliphatic carbocycles. The van der Waals surface area contributed by atoms with E-state index in [-0.39, 0.29) is 5.56 Å². The molecule has 9 heteroatoms. The zero-order valence-corrected chi connectivity index (χ0v) is 14.8. The standard InChI is InChI=1S/C17H20FNO7/c1-9(12(15(21)24-2)16(22)25-3)13(17(23)26-4)19-14(20)10-5-7-11(18)8-6-10/h5-9,12-13H,1-4H3,(H,19,20)/t9-,13+/m1/s1. The minimum absolute atomic E-state index is 0.0835. The number of methoxy groups -OCH3 is 3. The number of hydrogen-bond donors (Lipinski definition) is 1. The van der Waals surface area contributed by atoms with Crippen LogP contribution in [0.25, 0.3) is 0 Å². The van der Waals surface area contributed by atoms with E-state index >= 15 is 0 Å². The fraction of sp³-hybridized carbons (Fsp3) is 0.412. The first-order valence-corrected chi connectivity index (χ1v) is 7.56. The molecular weight excluding hydrogens is 349 g/mol. The molecule has 1 rings (SSSR count). The predicted molar refractivity (Wildman–Crippen MR) is 86.4 cm³/mol. The van der Waals surface area contributed by atoms with E-state index in [9.17, 15) is 23.6 Å². The average molecular weight is 369 g/mol. The third-order valence-electron chi connectivity index (χ3n) is 3.81. The largest absolute Gasteiger partial charge is 0.468 e. The van der Waals surface area contributed by atoms with Crippen molar-refractivity contribution in [3.05, 3.63) is 35.6 Å². The van der Waals surface area contributed by atoms with Crippen molar-refractivity contribution in [3.8, 4) is 0 Å². The van der Waals surface area contributed by atoms with Gasteiger partial charge in [-0.1, -0.05) is 6.92 Å². The summed E-state index contributed by atoms with van der Waals surface area (Å²) in [6, 6.07) is 3.26. The quantitative estimate of drug-likeness (QED) is 0.428. The second kappa shape index (κ2) is 9.50. The topological polar surface area (TPSA) is 108 Å². The van der Waals surface area contributed by atoms with Gasteiger partial charge in [0.2, 0.25) is 0 Å². The van der Waals surface area contributed by atoms with Gasteiger partial charge < -0.3 is 19.5 Å². The van der Waals surface area contributed by atoms with Crippen molar-refractivity contribution in [2.24, 2.45) is 11.8 Å². The summed E-state index contributed by atoms with van der Waals surface area (Å²) >= 11 is 0. The van der Waals surface area contributed by atoms with Crippen molar-refractivity contribution >= 4 is 23.8 Å². The van der Waals surface area contributed by atoms with Crippen molar-refractivity contribution in [3.63, 3.8) is 0 Å². The number of benzene rings is 1. The van der Waals surface area contributed by atoms with Crippen LogP contribution in [-0.4, -0.2) is 51.2 Å². The van der Waals surface area contributed by atoms with Crippen LogP contribution in [0, 0.1) is 17.7 Å². The highest BCUT2D eigenvalue weighted by atomic mass is 19.1. The highest BCUT2D eigenvalue weighted by Gasteiger charge is 2.42. The number of hydrogen-bond acceptors (Lipinski definition) is 7. The van der Waals surface area contributed by atoms with Crippen LogP contribution in [0.5, 0.6) is 0 Å². The van der Waals surface area contributed by atoms with Gasteiger partial charge in [-0.05, 0) is 24.3 Å². The lowest BCUT2D eigenvalue weighted by Crippen LogP contribution is -2.51. The Balaban J connectivity index is 3.12. The van der Waals surface area contributed by atoms with E-state index in [4.69, 9.17) is 0 Å². The Morgan fingerprint density at radius 2 is 1.35 bits per heavy atom. The van der Waals surface area contributed by atoms with Gasteiger partial charge in [0.1, 0.15) is 11.9 Å². The molecule has 1 aromatic carbocycles. The Hall–Kier alpha value is -2.97. The van der Waals surface area contributed by atoms with E-state index in [1.807, 2.05) is 0 Å². The number of ether oxygens (including phenoxy) is 3. The van der Waals surface area contributed by atoms with Crippen LogP contribution in [0.1, 0.15) is 17.3 Å². The maximum Gasteiger partial charge on any atom is 0.328 e. The SMILES string of the molecule is COC(=O)C(C(=O)OC)[C@@H](C)[C@H](NC(=O)c1ccc(F)cc1)C(=O)OC. The van der Waals surface area contributed by atoms with Crippen LogP contribution in [0.2, 0.25) is 0 Å². The van der Waals surface area contributed by atoms with Gasteiger partial charge >= 0.3 is 17.9 Å². The third-order valence-corrected chi connectivity index (χ3v) is 3.81. The van der Waals surface area contributed by atoms with Crippen molar-refractivity contribution in [2.45, 2.75) is 13.0 Å². The van der Waals surface area contributed by atoms with Gasteiger partial charge in [-0.3, -0.25) is 14.4 Å². The summed E-state index contributed by atoms with van der Waals surface area (Å²) in [6.45, 7) is 1.39. The Kier molecular flexibility index (Phi) is 7.70. The molecule has 0 radical (unpaired) electrons. The number of rotatable bonds is 7. The first-order chi connectivity index (χ1) is 12.3. The first-order valence-electron chi connectivity index (χ1n) is 7.56. The number of nitrogens with one attached hydrogen (secondary N) is 1. The van der Waals surface area contributed by atoms with Gasteiger partial charge in [-0.25, -0.2) is 9.18 Å². The molecule has 26 heavy (non-hydrogen) atoms. The lowest BCUT2D eigenvalue weighted by atomic mass is 9.87. The average Bonchev–Trinajstić information content (AvgIpc) is 2.65. The van der Waals surface area contributed by atoms with Crippen molar-refractivity contribution < 1.29 is 37.8 Å². The third kappa shape index (κ3) is 5.01. The van der Waals surface area contributed by atoms with E-state index in [1.165, 1.54) is 19.1 Å². The Bertz CT molecular complexity index is 658. The molecule has 142 valence electrons. The minimum atomic E-state index is -1.46. The van der Waals surface area contributed by atoms with Crippen LogP contribution in [0.4, 0.5) is 4.39 Å². The van der Waals surface area contributed by atoms with Crippen LogP contribution < -0.4 is 5.32 Å². The number of esters is 3. The van der Waals surface area contributed by atoms with Crippen molar-refractivity contribution in [2.75, 3.05) is 21.3 Å². The summed E-state index contributed by atoms with van der Waals surface area (Å²) in [5.74, 6) is -6.44. The molecule has 0 saturated carbocycles. The highest BCUT2D eigenvalue weighted by Crippen LogP contribution is 2.21. The fourth-order valence-electron chi connectivity index (χ4n) is 2.33. The molecule has 2 atom stereocenters. The highest BCUT2D eigenvalue weighted by molar-refractivity contribution is 5.99. The molecule has 0 fully saturated rings. The normalized spacial score (nSPS) is 12.7. The fourth-order valence-corrected chi connectivity index (χ4v) is 2.33. The van der Waals surface area contributed by atoms with Gasteiger partial charge in [0.15, 0.2) is 5.92 Å². The lowest BCUT2D eigenvalue weighted by molar-refractivity contribution is -0.162. The molecule has 1 aromatic rings. The summed E-state index contributed by atoms with van der Waals surface area (Å²) in [4.78, 5) is 48.3.